The van der Waals surface area contributed by atoms with Gasteiger partial charge in [-0.2, -0.15) is 0 Å². The van der Waals surface area contributed by atoms with E-state index in [9.17, 15) is 4.79 Å². The molecule has 1 aromatic rings. The van der Waals surface area contributed by atoms with Gasteiger partial charge in [-0.25, -0.2) is 0 Å². The van der Waals surface area contributed by atoms with E-state index in [0.29, 0.717) is 13.0 Å². The molecule has 0 bridgehead atoms. The summed E-state index contributed by atoms with van der Waals surface area (Å²) in [6, 6.07) is 7.75. The van der Waals surface area contributed by atoms with Gasteiger partial charge in [-0.05, 0) is 6.07 Å². The first-order valence-electron chi connectivity index (χ1n) is 3.83. The molecule has 2 rings (SSSR count). The predicted octanol–water partition coefficient (Wildman–Crippen LogP) is 0.866. The summed E-state index contributed by atoms with van der Waals surface area (Å²) in [6.45, 7) is 0.540. The van der Waals surface area contributed by atoms with Gasteiger partial charge in [0, 0.05) is 5.56 Å². The molecule has 3 heteroatoms. The van der Waals surface area contributed by atoms with E-state index in [1.165, 1.54) is 0 Å². The van der Waals surface area contributed by atoms with Gasteiger partial charge in [0.25, 0.3) is 0 Å². The van der Waals surface area contributed by atoms with Crippen LogP contribution in [-0.2, 0) is 4.79 Å². The van der Waals surface area contributed by atoms with Crippen molar-refractivity contribution >= 4 is 6.41 Å². The summed E-state index contributed by atoms with van der Waals surface area (Å²) in [5, 5.41) is 2.70. The van der Waals surface area contributed by atoms with E-state index in [4.69, 9.17) is 4.74 Å². The third-order valence-electron chi connectivity index (χ3n) is 1.97. The predicted molar refractivity (Wildman–Crippen MR) is 43.9 cm³/mol. The van der Waals surface area contributed by atoms with E-state index in [2.05, 4.69) is 5.32 Å². The Hall–Kier alpha value is -1.51. The highest BCUT2D eigenvalue weighted by Gasteiger charge is 2.22. The topological polar surface area (TPSA) is 38.3 Å². The first kappa shape index (κ1) is 7.16. The van der Waals surface area contributed by atoms with Crippen molar-refractivity contribution in [1.29, 1.82) is 0 Å². The number of ether oxygens (including phenoxy) is 1. The maximum absolute atomic E-state index is 10.2. The zero-order valence-electron chi connectivity index (χ0n) is 6.49. The Morgan fingerprint density at radius 3 is 3.17 bits per heavy atom. The van der Waals surface area contributed by atoms with Gasteiger partial charge in [-0.1, -0.05) is 18.2 Å². The average Bonchev–Trinajstić information content (AvgIpc) is 2.50. The van der Waals surface area contributed by atoms with Gasteiger partial charge in [0.05, 0.1) is 6.04 Å². The first-order valence-corrected chi connectivity index (χ1v) is 3.83. The zero-order valence-corrected chi connectivity index (χ0v) is 6.49. The van der Waals surface area contributed by atoms with Crippen LogP contribution in [0.2, 0.25) is 0 Å². The highest BCUT2D eigenvalue weighted by atomic mass is 16.5. The van der Waals surface area contributed by atoms with Crippen molar-refractivity contribution in [3.63, 3.8) is 0 Å². The van der Waals surface area contributed by atoms with Crippen LogP contribution < -0.4 is 10.1 Å². The van der Waals surface area contributed by atoms with E-state index in [1.807, 2.05) is 24.3 Å². The van der Waals surface area contributed by atoms with Crippen molar-refractivity contribution in [3.05, 3.63) is 29.8 Å². The molecule has 1 aliphatic heterocycles. The molecule has 0 saturated carbocycles. The van der Waals surface area contributed by atoms with Crippen molar-refractivity contribution in [3.8, 4) is 5.75 Å². The van der Waals surface area contributed by atoms with Gasteiger partial charge in [-0.15, -0.1) is 0 Å². The molecule has 1 unspecified atom stereocenters. The SMILES string of the molecule is O=CNC1COc2ccccc21. The Morgan fingerprint density at radius 1 is 1.50 bits per heavy atom. The van der Waals surface area contributed by atoms with Crippen molar-refractivity contribution in [2.24, 2.45) is 0 Å². The molecule has 12 heavy (non-hydrogen) atoms. The van der Waals surface area contributed by atoms with E-state index in [-0.39, 0.29) is 6.04 Å². The smallest absolute Gasteiger partial charge is 0.207 e. The third kappa shape index (κ3) is 1.03. The molecule has 1 atom stereocenters. The van der Waals surface area contributed by atoms with E-state index < -0.39 is 0 Å². The highest BCUT2D eigenvalue weighted by Crippen LogP contribution is 2.30. The monoisotopic (exact) mass is 163 g/mol. The van der Waals surface area contributed by atoms with Gasteiger partial charge >= 0.3 is 0 Å². The van der Waals surface area contributed by atoms with Gasteiger partial charge in [-0.3, -0.25) is 4.79 Å². The van der Waals surface area contributed by atoms with Crippen LogP contribution in [0.3, 0.4) is 0 Å². The maximum Gasteiger partial charge on any atom is 0.207 e. The lowest BCUT2D eigenvalue weighted by molar-refractivity contribution is -0.110. The molecular formula is C9H9NO2. The Morgan fingerprint density at radius 2 is 2.33 bits per heavy atom. The molecule has 1 aromatic carbocycles. The zero-order chi connectivity index (χ0) is 8.39. The van der Waals surface area contributed by atoms with Crippen molar-refractivity contribution in [2.45, 2.75) is 6.04 Å². The van der Waals surface area contributed by atoms with Crippen molar-refractivity contribution in [2.75, 3.05) is 6.61 Å². The Bertz CT molecular complexity index is 298. The second kappa shape index (κ2) is 2.85. The number of hydrogen-bond donors (Lipinski definition) is 1. The van der Waals surface area contributed by atoms with Crippen molar-refractivity contribution in [1.82, 2.24) is 5.32 Å². The summed E-state index contributed by atoms with van der Waals surface area (Å²) in [4.78, 5) is 10.2. The second-order valence-corrected chi connectivity index (χ2v) is 2.69. The van der Waals surface area contributed by atoms with E-state index >= 15 is 0 Å². The fourth-order valence-electron chi connectivity index (χ4n) is 1.38. The number of amides is 1. The number of para-hydroxylation sites is 1. The molecule has 0 radical (unpaired) electrons. The lowest BCUT2D eigenvalue weighted by Gasteiger charge is -2.04. The van der Waals surface area contributed by atoms with Crippen LogP contribution >= 0.6 is 0 Å². The van der Waals surface area contributed by atoms with Gasteiger partial charge in [0.15, 0.2) is 0 Å². The Labute approximate surface area is 70.3 Å². The van der Waals surface area contributed by atoms with Crippen LogP contribution in [0.5, 0.6) is 5.75 Å². The largest absolute Gasteiger partial charge is 0.491 e. The molecule has 1 heterocycles. The number of nitrogens with one attached hydrogen (secondary N) is 1. The van der Waals surface area contributed by atoms with Crippen LogP contribution in [0.4, 0.5) is 0 Å². The molecular weight excluding hydrogens is 154 g/mol. The number of carbonyl (C=O) groups is 1. The van der Waals surface area contributed by atoms with Gasteiger partial charge in [0.1, 0.15) is 12.4 Å². The summed E-state index contributed by atoms with van der Waals surface area (Å²) in [5.74, 6) is 0.872. The van der Waals surface area contributed by atoms with E-state index in [0.717, 1.165) is 11.3 Å². The van der Waals surface area contributed by atoms with Crippen LogP contribution in [0, 0.1) is 0 Å². The minimum Gasteiger partial charge on any atom is -0.491 e. The Balaban J connectivity index is 2.29. The lowest BCUT2D eigenvalue weighted by Crippen LogP contribution is -2.20. The highest BCUT2D eigenvalue weighted by molar-refractivity contribution is 5.50. The molecule has 0 saturated heterocycles. The molecule has 1 amide bonds. The molecule has 1 N–H and O–H groups in total. The molecule has 0 spiro atoms. The van der Waals surface area contributed by atoms with E-state index in [1.54, 1.807) is 0 Å². The quantitative estimate of drug-likeness (QED) is 0.657. The average molecular weight is 163 g/mol. The molecule has 0 fully saturated rings. The fourth-order valence-corrected chi connectivity index (χ4v) is 1.38. The van der Waals surface area contributed by atoms with Gasteiger partial charge in [0.2, 0.25) is 6.41 Å². The number of fused-ring (bicyclic) bond motifs is 1. The summed E-state index contributed by atoms with van der Waals surface area (Å²) in [5.41, 5.74) is 1.06. The summed E-state index contributed by atoms with van der Waals surface area (Å²) in [7, 11) is 0. The molecule has 0 aliphatic carbocycles. The molecule has 62 valence electrons. The van der Waals surface area contributed by atoms with Crippen LogP contribution in [0.1, 0.15) is 11.6 Å². The minimum atomic E-state index is 0.0266. The van der Waals surface area contributed by atoms with Gasteiger partial charge < -0.3 is 10.1 Å². The normalized spacial score (nSPS) is 19.5. The number of carbonyl (C=O) groups excluding carboxylic acids is 1. The molecule has 3 nitrogen and oxygen atoms in total. The minimum absolute atomic E-state index is 0.0266. The standard InChI is InChI=1S/C9H9NO2/c11-6-10-8-5-12-9-4-2-1-3-7(8)9/h1-4,6,8H,5H2,(H,10,11). The number of hydrogen-bond acceptors (Lipinski definition) is 2. The molecule has 0 aromatic heterocycles. The summed E-state index contributed by atoms with van der Waals surface area (Å²) >= 11 is 0. The van der Waals surface area contributed by atoms with Crippen molar-refractivity contribution < 1.29 is 9.53 Å². The lowest BCUT2D eigenvalue weighted by atomic mass is 10.1. The third-order valence-corrected chi connectivity index (χ3v) is 1.97. The summed E-state index contributed by atoms with van der Waals surface area (Å²) in [6.07, 6.45) is 0.704. The Kier molecular flexibility index (Phi) is 1.70. The molecule has 1 aliphatic rings. The number of benzene rings is 1. The fraction of sp³-hybridized carbons (Fsp3) is 0.222. The second-order valence-electron chi connectivity index (χ2n) is 2.69. The first-order chi connectivity index (χ1) is 5.92. The number of rotatable bonds is 2. The van der Waals surface area contributed by atoms with Crippen LogP contribution in [-0.4, -0.2) is 13.0 Å². The summed E-state index contributed by atoms with van der Waals surface area (Å²) < 4.78 is 5.34. The van der Waals surface area contributed by atoms with Crippen LogP contribution in [0.15, 0.2) is 24.3 Å². The maximum atomic E-state index is 10.2. The van der Waals surface area contributed by atoms with Crippen LogP contribution in [0.25, 0.3) is 0 Å².